The van der Waals surface area contributed by atoms with Gasteiger partial charge in [-0.2, -0.15) is 15.1 Å². The third-order valence-electron chi connectivity index (χ3n) is 4.03. The fourth-order valence-corrected chi connectivity index (χ4v) is 2.87. The van der Waals surface area contributed by atoms with Gasteiger partial charge < -0.3 is 15.4 Å². The number of hydrogen-bond acceptors (Lipinski definition) is 6. The standard InChI is InChI=1S/C19H17ClN6O/c1-26-18-16(11-21-26)17(22-14-5-3-4-12(20)10-14)24-19(25-18)23-13-6-8-15(27-2)9-7-13/h3-11H,1-2H3,(H2,22,23,24,25). The van der Waals surface area contributed by atoms with Crippen molar-refractivity contribution in [2.24, 2.45) is 7.05 Å². The molecule has 0 aliphatic heterocycles. The highest BCUT2D eigenvalue weighted by atomic mass is 35.5. The molecule has 0 bridgehead atoms. The number of rotatable bonds is 5. The molecule has 0 aliphatic carbocycles. The molecule has 0 atom stereocenters. The quantitative estimate of drug-likeness (QED) is 0.530. The highest BCUT2D eigenvalue weighted by Gasteiger charge is 2.12. The fourth-order valence-electron chi connectivity index (χ4n) is 2.68. The Kier molecular flexibility index (Phi) is 4.52. The third kappa shape index (κ3) is 3.63. The van der Waals surface area contributed by atoms with Crippen molar-refractivity contribution in [3.63, 3.8) is 0 Å². The maximum atomic E-state index is 6.08. The van der Waals surface area contributed by atoms with Gasteiger partial charge in [-0.1, -0.05) is 17.7 Å². The first kappa shape index (κ1) is 17.1. The first-order chi connectivity index (χ1) is 13.1. The van der Waals surface area contributed by atoms with Crippen LogP contribution in [0.5, 0.6) is 5.75 Å². The van der Waals surface area contributed by atoms with Crippen LogP contribution in [0.2, 0.25) is 5.02 Å². The number of nitrogens with one attached hydrogen (secondary N) is 2. The van der Waals surface area contributed by atoms with E-state index in [1.807, 2.05) is 55.6 Å². The summed E-state index contributed by atoms with van der Waals surface area (Å²) in [4.78, 5) is 9.19. The highest BCUT2D eigenvalue weighted by molar-refractivity contribution is 6.30. The maximum absolute atomic E-state index is 6.08. The van der Waals surface area contributed by atoms with Crippen molar-refractivity contribution in [3.8, 4) is 5.75 Å². The van der Waals surface area contributed by atoms with Gasteiger partial charge >= 0.3 is 0 Å². The van der Waals surface area contributed by atoms with Gasteiger partial charge in [0.1, 0.15) is 11.6 Å². The zero-order chi connectivity index (χ0) is 18.8. The predicted molar refractivity (Wildman–Crippen MR) is 107 cm³/mol. The Hall–Kier alpha value is -3.32. The van der Waals surface area contributed by atoms with Crippen molar-refractivity contribution in [1.29, 1.82) is 0 Å². The van der Waals surface area contributed by atoms with Crippen LogP contribution in [0.4, 0.5) is 23.1 Å². The van der Waals surface area contributed by atoms with Crippen molar-refractivity contribution in [2.75, 3.05) is 17.7 Å². The van der Waals surface area contributed by atoms with Gasteiger partial charge in [-0.25, -0.2) is 0 Å². The minimum absolute atomic E-state index is 0.459. The number of hydrogen-bond donors (Lipinski definition) is 2. The molecule has 7 nitrogen and oxygen atoms in total. The molecule has 8 heteroatoms. The largest absolute Gasteiger partial charge is 0.497 e. The topological polar surface area (TPSA) is 76.9 Å². The van der Waals surface area contributed by atoms with Crippen LogP contribution in [0, 0.1) is 0 Å². The third-order valence-corrected chi connectivity index (χ3v) is 4.26. The minimum atomic E-state index is 0.459. The van der Waals surface area contributed by atoms with Gasteiger partial charge in [0.05, 0.1) is 18.7 Å². The molecule has 0 spiro atoms. The number of fused-ring (bicyclic) bond motifs is 1. The van der Waals surface area contributed by atoms with E-state index in [-0.39, 0.29) is 0 Å². The molecule has 27 heavy (non-hydrogen) atoms. The summed E-state index contributed by atoms with van der Waals surface area (Å²) in [5.41, 5.74) is 2.40. The monoisotopic (exact) mass is 380 g/mol. The number of aromatic nitrogens is 4. The predicted octanol–water partition coefficient (Wildman–Crippen LogP) is 4.51. The first-order valence-corrected chi connectivity index (χ1v) is 8.63. The summed E-state index contributed by atoms with van der Waals surface area (Å²) < 4.78 is 6.89. The molecule has 4 aromatic rings. The second-order valence-corrected chi connectivity index (χ2v) is 6.33. The Morgan fingerprint density at radius 2 is 1.81 bits per heavy atom. The lowest BCUT2D eigenvalue weighted by Gasteiger charge is -2.11. The lowest BCUT2D eigenvalue weighted by atomic mass is 10.3. The SMILES string of the molecule is COc1ccc(Nc2nc(Nc3cccc(Cl)c3)c3cnn(C)c3n2)cc1. The van der Waals surface area contributed by atoms with Gasteiger partial charge in [-0.15, -0.1) is 0 Å². The zero-order valence-corrected chi connectivity index (χ0v) is 15.5. The van der Waals surface area contributed by atoms with Gasteiger partial charge in [-0.3, -0.25) is 4.68 Å². The van der Waals surface area contributed by atoms with E-state index in [0.717, 1.165) is 22.5 Å². The molecule has 0 aliphatic rings. The number of anilines is 4. The van der Waals surface area contributed by atoms with Crippen LogP contribution in [0.15, 0.2) is 54.7 Å². The molecule has 2 aromatic heterocycles. The summed E-state index contributed by atoms with van der Waals surface area (Å²) in [5.74, 6) is 1.89. The van der Waals surface area contributed by atoms with E-state index in [1.165, 1.54) is 0 Å². The molecule has 0 fully saturated rings. The van der Waals surface area contributed by atoms with E-state index in [1.54, 1.807) is 18.0 Å². The summed E-state index contributed by atoms with van der Waals surface area (Å²) in [6, 6.07) is 15.0. The number of nitrogens with zero attached hydrogens (tertiary/aromatic N) is 4. The van der Waals surface area contributed by atoms with E-state index in [2.05, 4.69) is 25.7 Å². The molecule has 0 saturated carbocycles. The Morgan fingerprint density at radius 3 is 2.56 bits per heavy atom. The molecule has 2 aromatic carbocycles. The van der Waals surface area contributed by atoms with Crippen LogP contribution in [0.1, 0.15) is 0 Å². The van der Waals surface area contributed by atoms with Crippen molar-refractivity contribution < 1.29 is 4.74 Å². The minimum Gasteiger partial charge on any atom is -0.497 e. The zero-order valence-electron chi connectivity index (χ0n) is 14.8. The molecular weight excluding hydrogens is 364 g/mol. The smallest absolute Gasteiger partial charge is 0.231 e. The fraction of sp³-hybridized carbons (Fsp3) is 0.105. The lowest BCUT2D eigenvalue weighted by molar-refractivity contribution is 0.415. The summed E-state index contributed by atoms with van der Waals surface area (Å²) in [6.07, 6.45) is 1.74. The summed E-state index contributed by atoms with van der Waals surface area (Å²) in [7, 11) is 3.48. The first-order valence-electron chi connectivity index (χ1n) is 8.26. The molecule has 2 N–H and O–H groups in total. The van der Waals surface area contributed by atoms with E-state index >= 15 is 0 Å². The average Bonchev–Trinajstić information content (AvgIpc) is 3.04. The Balaban J connectivity index is 1.71. The van der Waals surface area contributed by atoms with E-state index in [4.69, 9.17) is 16.3 Å². The van der Waals surface area contributed by atoms with E-state index in [9.17, 15) is 0 Å². The number of methoxy groups -OCH3 is 1. The van der Waals surface area contributed by atoms with Crippen molar-refractivity contribution in [1.82, 2.24) is 19.7 Å². The van der Waals surface area contributed by atoms with Crippen LogP contribution in [-0.2, 0) is 7.05 Å². The number of halogens is 1. The number of ether oxygens (including phenoxy) is 1. The van der Waals surface area contributed by atoms with E-state index < -0.39 is 0 Å². The second-order valence-electron chi connectivity index (χ2n) is 5.89. The summed E-state index contributed by atoms with van der Waals surface area (Å²) in [5, 5.41) is 12.3. The molecule has 0 radical (unpaired) electrons. The number of aryl methyl sites for hydroxylation is 1. The van der Waals surface area contributed by atoms with Gasteiger partial charge in [0.2, 0.25) is 5.95 Å². The maximum Gasteiger partial charge on any atom is 0.231 e. The van der Waals surface area contributed by atoms with Crippen molar-refractivity contribution in [3.05, 3.63) is 59.8 Å². The van der Waals surface area contributed by atoms with Crippen molar-refractivity contribution >= 4 is 45.8 Å². The van der Waals surface area contributed by atoms with Crippen LogP contribution < -0.4 is 15.4 Å². The van der Waals surface area contributed by atoms with Crippen LogP contribution >= 0.6 is 11.6 Å². The summed E-state index contributed by atoms with van der Waals surface area (Å²) >= 11 is 6.08. The van der Waals surface area contributed by atoms with Gasteiger partial charge in [0.15, 0.2) is 5.65 Å². The van der Waals surface area contributed by atoms with Gasteiger partial charge in [-0.05, 0) is 42.5 Å². The molecular formula is C19H17ClN6O. The average molecular weight is 381 g/mol. The molecule has 2 heterocycles. The lowest BCUT2D eigenvalue weighted by Crippen LogP contribution is -2.03. The molecule has 0 amide bonds. The molecule has 4 rings (SSSR count). The number of benzene rings is 2. The van der Waals surface area contributed by atoms with Crippen LogP contribution in [0.3, 0.4) is 0 Å². The Labute approximate surface area is 161 Å². The second kappa shape index (κ2) is 7.13. The molecule has 0 saturated heterocycles. The molecule has 0 unspecified atom stereocenters. The molecule has 136 valence electrons. The van der Waals surface area contributed by atoms with Gasteiger partial charge in [0.25, 0.3) is 0 Å². The van der Waals surface area contributed by atoms with Crippen molar-refractivity contribution in [2.45, 2.75) is 0 Å². The summed E-state index contributed by atoms with van der Waals surface area (Å²) in [6.45, 7) is 0. The van der Waals surface area contributed by atoms with Gasteiger partial charge in [0, 0.05) is 23.4 Å². The normalized spacial score (nSPS) is 10.8. The van der Waals surface area contributed by atoms with Crippen LogP contribution in [-0.4, -0.2) is 26.9 Å². The Bertz CT molecular complexity index is 1090. The Morgan fingerprint density at radius 1 is 1.00 bits per heavy atom. The van der Waals surface area contributed by atoms with E-state index in [0.29, 0.717) is 22.4 Å². The highest BCUT2D eigenvalue weighted by Crippen LogP contribution is 2.27. The van der Waals surface area contributed by atoms with Crippen LogP contribution in [0.25, 0.3) is 11.0 Å².